The minimum absolute atomic E-state index is 0.0581. The van der Waals surface area contributed by atoms with Crippen molar-refractivity contribution in [3.63, 3.8) is 0 Å². The molecular formula is C13H19N. The Morgan fingerprint density at radius 1 is 1.36 bits per heavy atom. The van der Waals surface area contributed by atoms with Crippen LogP contribution in [0.2, 0.25) is 0 Å². The second-order valence-corrected chi connectivity index (χ2v) is 4.64. The molecule has 0 aromatic heterocycles. The topological polar surface area (TPSA) is 26.0 Å². The average molecular weight is 189 g/mol. The second-order valence-electron chi connectivity index (χ2n) is 4.64. The van der Waals surface area contributed by atoms with Crippen molar-refractivity contribution < 1.29 is 0 Å². The van der Waals surface area contributed by atoms with Crippen molar-refractivity contribution in [2.24, 2.45) is 5.73 Å². The van der Waals surface area contributed by atoms with Crippen molar-refractivity contribution in [2.45, 2.75) is 32.2 Å². The predicted octanol–water partition coefficient (Wildman–Crippen LogP) is 3.17. The molecule has 1 aromatic carbocycles. The maximum atomic E-state index is 5.89. The van der Waals surface area contributed by atoms with Gasteiger partial charge in [0.1, 0.15) is 0 Å². The molecule has 2 N–H and O–H groups in total. The van der Waals surface area contributed by atoms with Gasteiger partial charge in [0, 0.05) is 6.04 Å². The van der Waals surface area contributed by atoms with Crippen molar-refractivity contribution in [1.82, 2.24) is 0 Å². The highest BCUT2D eigenvalue weighted by atomic mass is 14.6. The molecule has 76 valence electrons. The molecule has 0 fully saturated rings. The lowest BCUT2D eigenvalue weighted by molar-refractivity contribution is 0.589. The smallest absolute Gasteiger partial charge is 0.0478 e. The molecule has 1 rings (SSSR count). The molecule has 0 heterocycles. The monoisotopic (exact) mass is 189 g/mol. The Bertz CT molecular complexity index is 320. The second kappa shape index (κ2) is 3.97. The van der Waals surface area contributed by atoms with Gasteiger partial charge >= 0.3 is 0 Å². The molecule has 0 aliphatic carbocycles. The maximum absolute atomic E-state index is 5.89. The van der Waals surface area contributed by atoms with Gasteiger partial charge in [0.15, 0.2) is 0 Å². The lowest BCUT2D eigenvalue weighted by Crippen LogP contribution is -2.13. The molecule has 0 saturated carbocycles. The number of benzene rings is 1. The van der Waals surface area contributed by atoms with E-state index < -0.39 is 0 Å². The van der Waals surface area contributed by atoms with Gasteiger partial charge in [-0.25, -0.2) is 0 Å². The summed E-state index contributed by atoms with van der Waals surface area (Å²) in [4.78, 5) is 0. The quantitative estimate of drug-likeness (QED) is 0.710. The first-order valence-electron chi connectivity index (χ1n) is 4.93. The molecule has 1 heteroatoms. The van der Waals surface area contributed by atoms with E-state index in [0.29, 0.717) is 0 Å². The van der Waals surface area contributed by atoms with Crippen LogP contribution in [-0.2, 0) is 5.41 Å². The molecule has 1 nitrogen and oxygen atoms in total. The molecule has 0 bridgehead atoms. The van der Waals surface area contributed by atoms with Crippen LogP contribution in [0.3, 0.4) is 0 Å². The molecule has 0 aliphatic rings. The van der Waals surface area contributed by atoms with E-state index in [2.05, 4.69) is 45.5 Å². The van der Waals surface area contributed by atoms with E-state index in [9.17, 15) is 0 Å². The summed E-state index contributed by atoms with van der Waals surface area (Å²) in [5.74, 6) is 0. The molecule has 1 atom stereocenters. The van der Waals surface area contributed by atoms with Gasteiger partial charge in [0.25, 0.3) is 0 Å². The summed E-state index contributed by atoms with van der Waals surface area (Å²) in [7, 11) is 0. The lowest BCUT2D eigenvalue weighted by atomic mass is 9.85. The highest BCUT2D eigenvalue weighted by molar-refractivity contribution is 5.31. The van der Waals surface area contributed by atoms with Crippen molar-refractivity contribution in [3.05, 3.63) is 48.0 Å². The molecule has 0 radical (unpaired) electrons. The third-order valence-electron chi connectivity index (χ3n) is 2.39. The van der Waals surface area contributed by atoms with Crippen molar-refractivity contribution >= 4 is 0 Å². The predicted molar refractivity (Wildman–Crippen MR) is 62.3 cm³/mol. The molecule has 0 amide bonds. The summed E-state index contributed by atoms with van der Waals surface area (Å²) in [5.41, 5.74) is 8.51. The van der Waals surface area contributed by atoms with Gasteiger partial charge in [-0.15, -0.1) is 6.58 Å². The van der Waals surface area contributed by atoms with Gasteiger partial charge in [0.2, 0.25) is 0 Å². The van der Waals surface area contributed by atoms with E-state index in [1.54, 1.807) is 6.08 Å². The number of nitrogens with two attached hydrogens (primary N) is 1. The minimum Gasteiger partial charge on any atom is -0.321 e. The third-order valence-corrected chi connectivity index (χ3v) is 2.39. The Labute approximate surface area is 86.6 Å². The van der Waals surface area contributed by atoms with E-state index in [-0.39, 0.29) is 11.5 Å². The van der Waals surface area contributed by atoms with Gasteiger partial charge in [-0.05, 0) is 16.5 Å². The highest BCUT2D eigenvalue weighted by Gasteiger charge is 2.14. The summed E-state index contributed by atoms with van der Waals surface area (Å²) in [6, 6.07) is 8.34. The van der Waals surface area contributed by atoms with Crippen molar-refractivity contribution in [1.29, 1.82) is 0 Å². The molecule has 14 heavy (non-hydrogen) atoms. The van der Waals surface area contributed by atoms with Crippen LogP contribution < -0.4 is 5.73 Å². The highest BCUT2D eigenvalue weighted by Crippen LogP contribution is 2.24. The van der Waals surface area contributed by atoms with E-state index in [0.717, 1.165) is 5.56 Å². The Morgan fingerprint density at radius 3 is 2.50 bits per heavy atom. The van der Waals surface area contributed by atoms with Crippen LogP contribution >= 0.6 is 0 Å². The zero-order chi connectivity index (χ0) is 10.8. The molecule has 0 spiro atoms. The SMILES string of the molecule is C=C[C@@H](N)c1cccc(C(C)(C)C)c1. The molecule has 0 saturated heterocycles. The number of rotatable bonds is 2. The summed E-state index contributed by atoms with van der Waals surface area (Å²) in [6.45, 7) is 10.3. The largest absolute Gasteiger partial charge is 0.321 e. The average Bonchev–Trinajstić information content (AvgIpc) is 2.15. The zero-order valence-electron chi connectivity index (χ0n) is 9.25. The summed E-state index contributed by atoms with van der Waals surface area (Å²) < 4.78 is 0. The Balaban J connectivity index is 3.07. The van der Waals surface area contributed by atoms with E-state index in [4.69, 9.17) is 5.73 Å². The van der Waals surface area contributed by atoms with E-state index >= 15 is 0 Å². The first-order chi connectivity index (χ1) is 6.45. The molecule has 0 aliphatic heterocycles. The van der Waals surface area contributed by atoms with Gasteiger partial charge in [-0.1, -0.05) is 51.1 Å². The third kappa shape index (κ3) is 2.46. The molecule has 1 aromatic rings. The van der Waals surface area contributed by atoms with Gasteiger partial charge < -0.3 is 5.73 Å². The minimum atomic E-state index is -0.0581. The number of hydrogen-bond donors (Lipinski definition) is 1. The fourth-order valence-electron chi connectivity index (χ4n) is 1.35. The van der Waals surface area contributed by atoms with E-state index in [1.807, 2.05) is 6.07 Å². The van der Waals surface area contributed by atoms with Crippen LogP contribution in [0.5, 0.6) is 0 Å². The van der Waals surface area contributed by atoms with Crippen LogP contribution in [0.15, 0.2) is 36.9 Å². The Hall–Kier alpha value is -1.08. The van der Waals surface area contributed by atoms with Crippen LogP contribution in [0, 0.1) is 0 Å². The van der Waals surface area contributed by atoms with Gasteiger partial charge in [-0.2, -0.15) is 0 Å². The van der Waals surface area contributed by atoms with Crippen molar-refractivity contribution in [2.75, 3.05) is 0 Å². The standard InChI is InChI=1S/C13H19N/c1-5-12(14)10-7-6-8-11(9-10)13(2,3)4/h5-9,12H,1,14H2,2-4H3/t12-/m1/s1. The summed E-state index contributed by atoms with van der Waals surface area (Å²) in [6.07, 6.45) is 1.77. The Morgan fingerprint density at radius 2 is 2.00 bits per heavy atom. The fraction of sp³-hybridized carbons (Fsp3) is 0.385. The van der Waals surface area contributed by atoms with Crippen LogP contribution in [0.1, 0.15) is 37.9 Å². The Kier molecular flexibility index (Phi) is 3.12. The van der Waals surface area contributed by atoms with Gasteiger partial charge in [0.05, 0.1) is 0 Å². The molecular weight excluding hydrogens is 170 g/mol. The summed E-state index contributed by atoms with van der Waals surface area (Å²) in [5, 5.41) is 0. The first-order valence-corrected chi connectivity index (χ1v) is 4.93. The molecule has 0 unspecified atom stereocenters. The first kappa shape index (κ1) is 11.0. The van der Waals surface area contributed by atoms with Crippen molar-refractivity contribution in [3.8, 4) is 0 Å². The van der Waals surface area contributed by atoms with Gasteiger partial charge in [-0.3, -0.25) is 0 Å². The van der Waals surface area contributed by atoms with E-state index in [1.165, 1.54) is 5.56 Å². The lowest BCUT2D eigenvalue weighted by Gasteiger charge is -2.20. The fourth-order valence-corrected chi connectivity index (χ4v) is 1.35. The normalized spacial score (nSPS) is 13.7. The van der Waals surface area contributed by atoms with Crippen LogP contribution in [-0.4, -0.2) is 0 Å². The zero-order valence-corrected chi connectivity index (χ0v) is 9.25. The summed E-state index contributed by atoms with van der Waals surface area (Å²) >= 11 is 0. The van der Waals surface area contributed by atoms with Crippen LogP contribution in [0.25, 0.3) is 0 Å². The van der Waals surface area contributed by atoms with Crippen LogP contribution in [0.4, 0.5) is 0 Å². The maximum Gasteiger partial charge on any atom is 0.0478 e. The number of hydrogen-bond acceptors (Lipinski definition) is 1.